The molecule has 1 aromatic heterocycles. The summed E-state index contributed by atoms with van der Waals surface area (Å²) in [5.41, 5.74) is 0. The molecule has 1 rings (SSSR count). The first-order valence-corrected chi connectivity index (χ1v) is 8.75. The quantitative estimate of drug-likeness (QED) is 0.723. The number of hydrogen-bond acceptors (Lipinski definition) is 5. The molecule has 1 heterocycles. The Bertz CT molecular complexity index is 532. The van der Waals surface area contributed by atoms with E-state index in [2.05, 4.69) is 33.8 Å². The van der Waals surface area contributed by atoms with Crippen molar-refractivity contribution in [2.45, 2.75) is 38.1 Å². The van der Waals surface area contributed by atoms with E-state index in [0.29, 0.717) is 31.5 Å². The van der Waals surface area contributed by atoms with Gasteiger partial charge in [0.05, 0.1) is 0 Å². The molecule has 0 amide bonds. The first-order valence-electron chi connectivity index (χ1n) is 7.27. The summed E-state index contributed by atoms with van der Waals surface area (Å²) in [6, 6.07) is 3.58. The molecular weight excluding hydrogens is 288 g/mol. The normalized spacial score (nSPS) is 12.1. The van der Waals surface area contributed by atoms with Crippen LogP contribution in [0.25, 0.3) is 0 Å². The summed E-state index contributed by atoms with van der Waals surface area (Å²) < 4.78 is 27.3. The number of nitrogens with one attached hydrogen (secondary N) is 2. The Morgan fingerprint density at radius 1 is 1.33 bits per heavy atom. The van der Waals surface area contributed by atoms with Crippen LogP contribution in [0.2, 0.25) is 0 Å². The van der Waals surface area contributed by atoms with E-state index in [-0.39, 0.29) is 4.90 Å². The van der Waals surface area contributed by atoms with Gasteiger partial charge < -0.3 is 10.2 Å². The minimum atomic E-state index is -3.54. The van der Waals surface area contributed by atoms with Crippen molar-refractivity contribution >= 4 is 15.8 Å². The van der Waals surface area contributed by atoms with Gasteiger partial charge in [0.15, 0.2) is 0 Å². The second-order valence-corrected chi connectivity index (χ2v) is 6.98. The Hall–Kier alpha value is -1.18. The molecule has 1 aromatic rings. The van der Waals surface area contributed by atoms with Crippen LogP contribution >= 0.6 is 0 Å². The summed E-state index contributed by atoms with van der Waals surface area (Å²) in [5.74, 6) is 0.407. The number of aromatic nitrogens is 1. The molecule has 0 aromatic carbocycles. The van der Waals surface area contributed by atoms with Crippen molar-refractivity contribution in [1.29, 1.82) is 0 Å². The fourth-order valence-electron chi connectivity index (χ4n) is 1.68. The summed E-state index contributed by atoms with van der Waals surface area (Å²) in [6.07, 6.45) is 2.49. The second kappa shape index (κ2) is 8.31. The van der Waals surface area contributed by atoms with E-state index < -0.39 is 10.0 Å². The highest BCUT2D eigenvalue weighted by atomic mass is 32.2. The number of rotatable bonds is 9. The summed E-state index contributed by atoms with van der Waals surface area (Å²) >= 11 is 0. The molecule has 0 fully saturated rings. The van der Waals surface area contributed by atoms with Gasteiger partial charge in [-0.2, -0.15) is 0 Å². The molecule has 0 unspecified atom stereocenters. The van der Waals surface area contributed by atoms with Crippen LogP contribution in [0.15, 0.2) is 23.2 Å². The van der Waals surface area contributed by atoms with Crippen LogP contribution < -0.4 is 10.0 Å². The third kappa shape index (κ3) is 5.61. The van der Waals surface area contributed by atoms with E-state index in [9.17, 15) is 8.42 Å². The minimum Gasteiger partial charge on any atom is -0.369 e. The van der Waals surface area contributed by atoms with Gasteiger partial charge in [-0.3, -0.25) is 0 Å². The molecule has 0 atom stereocenters. The van der Waals surface area contributed by atoms with Crippen LogP contribution in [0.5, 0.6) is 0 Å². The molecule has 0 aliphatic heterocycles. The number of sulfonamides is 1. The summed E-state index contributed by atoms with van der Waals surface area (Å²) in [6.45, 7) is 7.89. The Morgan fingerprint density at radius 3 is 2.67 bits per heavy atom. The maximum atomic E-state index is 12.4. The van der Waals surface area contributed by atoms with Crippen LogP contribution in [-0.2, 0) is 10.0 Å². The molecular formula is C14H26N4O2S. The van der Waals surface area contributed by atoms with Crippen molar-refractivity contribution in [1.82, 2.24) is 14.6 Å². The van der Waals surface area contributed by atoms with Crippen molar-refractivity contribution in [3.63, 3.8) is 0 Å². The smallest absolute Gasteiger partial charge is 0.244 e. The van der Waals surface area contributed by atoms with Crippen molar-refractivity contribution in [2.75, 3.05) is 32.0 Å². The third-order valence-electron chi connectivity index (χ3n) is 3.24. The zero-order valence-electron chi connectivity index (χ0n) is 13.3. The zero-order valence-corrected chi connectivity index (χ0v) is 14.1. The standard InChI is InChI=1S/C14H26N4O2S/c1-5-8-15-14-13(7-6-9-16-14)21(19,20)17-10-11-18(4)12(2)3/h6-7,9,12,17H,5,8,10-11H2,1-4H3,(H,15,16). The van der Waals surface area contributed by atoms with E-state index in [4.69, 9.17) is 0 Å². The number of nitrogens with zero attached hydrogens (tertiary/aromatic N) is 2. The van der Waals surface area contributed by atoms with Crippen LogP contribution in [0, 0.1) is 0 Å². The lowest BCUT2D eigenvalue weighted by molar-refractivity contribution is 0.278. The monoisotopic (exact) mass is 314 g/mol. The molecule has 7 heteroatoms. The van der Waals surface area contributed by atoms with E-state index in [1.54, 1.807) is 18.3 Å². The molecule has 21 heavy (non-hydrogen) atoms. The predicted octanol–water partition coefficient (Wildman–Crippen LogP) is 1.52. The average Bonchev–Trinajstić information content (AvgIpc) is 2.45. The molecule has 6 nitrogen and oxygen atoms in total. The van der Waals surface area contributed by atoms with Crippen molar-refractivity contribution < 1.29 is 8.42 Å². The van der Waals surface area contributed by atoms with Gasteiger partial charge >= 0.3 is 0 Å². The van der Waals surface area contributed by atoms with E-state index in [1.807, 2.05) is 14.0 Å². The Morgan fingerprint density at radius 2 is 2.05 bits per heavy atom. The third-order valence-corrected chi connectivity index (χ3v) is 4.73. The SMILES string of the molecule is CCCNc1ncccc1S(=O)(=O)NCCN(C)C(C)C. The van der Waals surface area contributed by atoms with Gasteiger partial charge in [0.25, 0.3) is 0 Å². The molecule has 0 aliphatic rings. The molecule has 0 saturated carbocycles. The number of hydrogen-bond donors (Lipinski definition) is 2. The molecule has 2 N–H and O–H groups in total. The average molecular weight is 314 g/mol. The van der Waals surface area contributed by atoms with Crippen molar-refractivity contribution in [3.05, 3.63) is 18.3 Å². The molecule has 0 spiro atoms. The topological polar surface area (TPSA) is 74.3 Å². The number of pyridine rings is 1. The Kier molecular flexibility index (Phi) is 7.07. The summed E-state index contributed by atoms with van der Waals surface area (Å²) in [5, 5.41) is 3.05. The van der Waals surface area contributed by atoms with E-state index in [0.717, 1.165) is 6.42 Å². The summed E-state index contributed by atoms with van der Waals surface area (Å²) in [7, 11) is -1.57. The fraction of sp³-hybridized carbons (Fsp3) is 0.643. The highest BCUT2D eigenvalue weighted by Gasteiger charge is 2.19. The molecule has 0 bridgehead atoms. The zero-order chi connectivity index (χ0) is 15.9. The van der Waals surface area contributed by atoms with E-state index >= 15 is 0 Å². The maximum Gasteiger partial charge on any atom is 0.244 e. The number of likely N-dealkylation sites (N-methyl/N-ethyl adjacent to an activating group) is 1. The lowest BCUT2D eigenvalue weighted by Gasteiger charge is -2.21. The molecule has 0 aliphatic carbocycles. The van der Waals surface area contributed by atoms with Gasteiger partial charge in [0, 0.05) is 31.9 Å². The summed E-state index contributed by atoms with van der Waals surface area (Å²) in [4.78, 5) is 6.40. The molecule has 0 saturated heterocycles. The first kappa shape index (κ1) is 17.9. The van der Waals surface area contributed by atoms with Crippen molar-refractivity contribution in [2.24, 2.45) is 0 Å². The van der Waals surface area contributed by atoms with Crippen LogP contribution in [0.1, 0.15) is 27.2 Å². The van der Waals surface area contributed by atoms with E-state index in [1.165, 1.54) is 0 Å². The van der Waals surface area contributed by atoms with Gasteiger partial charge in [-0.15, -0.1) is 0 Å². The molecule has 120 valence electrons. The minimum absolute atomic E-state index is 0.200. The highest BCUT2D eigenvalue weighted by Crippen LogP contribution is 2.17. The second-order valence-electron chi connectivity index (χ2n) is 5.25. The van der Waals surface area contributed by atoms with Crippen LogP contribution in [0.3, 0.4) is 0 Å². The first-order chi connectivity index (χ1) is 9.88. The number of anilines is 1. The fourth-order valence-corrected chi connectivity index (χ4v) is 2.83. The van der Waals surface area contributed by atoms with Crippen LogP contribution in [0.4, 0.5) is 5.82 Å². The maximum absolute atomic E-state index is 12.4. The van der Waals surface area contributed by atoms with Gasteiger partial charge in [0.1, 0.15) is 10.7 Å². The van der Waals surface area contributed by atoms with Gasteiger partial charge in [-0.1, -0.05) is 6.92 Å². The van der Waals surface area contributed by atoms with Gasteiger partial charge in [-0.25, -0.2) is 18.1 Å². The van der Waals surface area contributed by atoms with Crippen LogP contribution in [-0.4, -0.2) is 51.0 Å². The van der Waals surface area contributed by atoms with Gasteiger partial charge in [0.2, 0.25) is 10.0 Å². The Labute approximate surface area is 128 Å². The lowest BCUT2D eigenvalue weighted by atomic mass is 10.3. The predicted molar refractivity (Wildman–Crippen MR) is 86.0 cm³/mol. The highest BCUT2D eigenvalue weighted by molar-refractivity contribution is 7.89. The molecule has 0 radical (unpaired) electrons. The lowest BCUT2D eigenvalue weighted by Crippen LogP contribution is -2.36. The Balaban J connectivity index is 2.74. The van der Waals surface area contributed by atoms with Gasteiger partial charge in [-0.05, 0) is 39.4 Å². The van der Waals surface area contributed by atoms with Crippen molar-refractivity contribution in [3.8, 4) is 0 Å². The largest absolute Gasteiger partial charge is 0.369 e.